The minimum atomic E-state index is -1.50. The number of rotatable bonds is 3. The molecular formula is C12H23N9O6S. The average molecular weight is 421 g/mol. The van der Waals surface area contributed by atoms with E-state index in [2.05, 4.69) is 10.3 Å². The van der Waals surface area contributed by atoms with Gasteiger partial charge in [-0.2, -0.15) is 0 Å². The molecule has 0 aromatic carbocycles. The van der Waals surface area contributed by atoms with Crippen molar-refractivity contribution in [2.75, 3.05) is 12.4 Å². The van der Waals surface area contributed by atoms with Crippen LogP contribution in [0.1, 0.15) is 37.3 Å². The van der Waals surface area contributed by atoms with Crippen molar-refractivity contribution in [3.05, 3.63) is 31.3 Å². The van der Waals surface area contributed by atoms with Gasteiger partial charge in [-0.25, -0.2) is 4.98 Å². The maximum atomic E-state index is 8.36. The number of hydrogen-bond acceptors (Lipinski definition) is 8. The third-order valence-electron chi connectivity index (χ3n) is 3.76. The summed E-state index contributed by atoms with van der Waals surface area (Å²) in [4.78, 5) is 23.1. The van der Waals surface area contributed by atoms with E-state index in [-0.39, 0.29) is 11.9 Å². The van der Waals surface area contributed by atoms with Crippen LogP contribution in [0.3, 0.4) is 0 Å². The minimum absolute atomic E-state index is 0.0938. The molecule has 0 bridgehead atoms. The number of anilines is 1. The Kier molecular flexibility index (Phi) is 10.6. The zero-order valence-corrected chi connectivity index (χ0v) is 15.8. The predicted molar refractivity (Wildman–Crippen MR) is 99.9 cm³/mol. The van der Waals surface area contributed by atoms with Crippen LogP contribution in [0.2, 0.25) is 0 Å². The standard InChI is InChI=1S/C12H21N7S.2HNO3/c1-19(11(15)16)8-4-2-3-7(5-8)9-6-20-12(17-9)18-10(13)14;2*2-1(3)4/h6-8H,2-5H2,1H3,(H3,15,16)(H4,13,14,17,18);2*(H,2,3,4). The van der Waals surface area contributed by atoms with E-state index in [1.165, 1.54) is 11.3 Å². The van der Waals surface area contributed by atoms with Crippen LogP contribution in [0.5, 0.6) is 0 Å². The third-order valence-corrected chi connectivity index (χ3v) is 4.53. The number of nitrogens with zero attached hydrogens (tertiary/aromatic N) is 4. The zero-order chi connectivity index (χ0) is 21.9. The summed E-state index contributed by atoms with van der Waals surface area (Å²) in [6.45, 7) is 0. The average Bonchev–Trinajstić information content (AvgIpc) is 3.01. The highest BCUT2D eigenvalue weighted by atomic mass is 32.1. The van der Waals surface area contributed by atoms with Crippen molar-refractivity contribution in [1.82, 2.24) is 9.88 Å². The maximum absolute atomic E-state index is 8.36. The normalized spacial score (nSPS) is 17.6. The molecule has 9 N–H and O–H groups in total. The van der Waals surface area contributed by atoms with E-state index in [0.717, 1.165) is 31.4 Å². The van der Waals surface area contributed by atoms with E-state index in [1.54, 1.807) is 0 Å². The second kappa shape index (κ2) is 12.0. The maximum Gasteiger partial charge on any atom is 0.291 e. The van der Waals surface area contributed by atoms with Gasteiger partial charge in [-0.3, -0.25) is 10.8 Å². The molecule has 158 valence electrons. The SMILES string of the molecule is CN(C(=N)N)C1CCCC(c2csc(NC(=N)N)n2)C1.O=[N+]([O-])O.O=[N+]([O-])O. The highest BCUT2D eigenvalue weighted by molar-refractivity contribution is 7.13. The van der Waals surface area contributed by atoms with Crippen LogP contribution in [-0.4, -0.2) is 55.5 Å². The first-order valence-electron chi connectivity index (χ1n) is 7.73. The van der Waals surface area contributed by atoms with Crippen LogP contribution < -0.4 is 16.8 Å². The number of thiazole rings is 1. The van der Waals surface area contributed by atoms with Gasteiger partial charge >= 0.3 is 0 Å². The van der Waals surface area contributed by atoms with Gasteiger partial charge in [0.25, 0.3) is 10.2 Å². The monoisotopic (exact) mass is 421 g/mol. The van der Waals surface area contributed by atoms with Crippen molar-refractivity contribution in [2.24, 2.45) is 11.5 Å². The highest BCUT2D eigenvalue weighted by Gasteiger charge is 2.28. The second-order valence-corrected chi connectivity index (χ2v) is 6.46. The molecule has 0 saturated heterocycles. The van der Waals surface area contributed by atoms with Gasteiger partial charge in [-0.15, -0.1) is 31.6 Å². The number of nitrogens with two attached hydrogens (primary N) is 2. The molecule has 1 saturated carbocycles. The first-order chi connectivity index (χ1) is 12.9. The Balaban J connectivity index is 0.000000776. The molecule has 0 spiro atoms. The van der Waals surface area contributed by atoms with Crippen LogP contribution in [0, 0.1) is 31.0 Å². The first-order valence-corrected chi connectivity index (χ1v) is 8.61. The van der Waals surface area contributed by atoms with Crippen molar-refractivity contribution in [2.45, 2.75) is 37.6 Å². The summed E-state index contributed by atoms with van der Waals surface area (Å²) in [6, 6.07) is 0.303. The molecule has 1 aliphatic carbocycles. The van der Waals surface area contributed by atoms with Crippen molar-refractivity contribution in [3.8, 4) is 0 Å². The van der Waals surface area contributed by atoms with Crippen molar-refractivity contribution >= 4 is 28.4 Å². The van der Waals surface area contributed by atoms with Gasteiger partial charge in [-0.1, -0.05) is 6.42 Å². The van der Waals surface area contributed by atoms with E-state index in [1.807, 2.05) is 17.3 Å². The molecule has 2 atom stereocenters. The molecule has 1 heterocycles. The summed E-state index contributed by atoms with van der Waals surface area (Å²) in [6.07, 6.45) is 4.24. The van der Waals surface area contributed by atoms with Crippen molar-refractivity contribution < 1.29 is 20.6 Å². The molecular weight excluding hydrogens is 398 g/mol. The largest absolute Gasteiger partial charge is 0.370 e. The van der Waals surface area contributed by atoms with Crippen LogP contribution in [0.15, 0.2) is 5.38 Å². The van der Waals surface area contributed by atoms with E-state index >= 15 is 0 Å². The van der Waals surface area contributed by atoms with Crippen LogP contribution in [-0.2, 0) is 0 Å². The predicted octanol–water partition coefficient (Wildman–Crippen LogP) is 0.605. The zero-order valence-electron chi connectivity index (χ0n) is 14.9. The summed E-state index contributed by atoms with van der Waals surface area (Å²) in [5.74, 6) is 0.408. The van der Waals surface area contributed by atoms with Gasteiger partial charge in [0, 0.05) is 24.4 Å². The molecule has 1 aliphatic rings. The van der Waals surface area contributed by atoms with Gasteiger partial charge < -0.3 is 32.1 Å². The Labute approximate surface area is 163 Å². The van der Waals surface area contributed by atoms with Gasteiger partial charge in [0.1, 0.15) is 0 Å². The summed E-state index contributed by atoms with van der Waals surface area (Å²) in [5.41, 5.74) is 11.9. The molecule has 0 aliphatic heterocycles. The Morgan fingerprint density at radius 2 is 1.86 bits per heavy atom. The molecule has 28 heavy (non-hydrogen) atoms. The quantitative estimate of drug-likeness (QED) is 0.154. The number of guanidine groups is 2. The van der Waals surface area contributed by atoms with Crippen LogP contribution >= 0.6 is 11.3 Å². The van der Waals surface area contributed by atoms with E-state index in [4.69, 9.17) is 52.9 Å². The Morgan fingerprint density at radius 3 is 2.32 bits per heavy atom. The lowest BCUT2D eigenvalue weighted by atomic mass is 9.83. The Hall–Kier alpha value is -3.43. The molecule has 16 heteroatoms. The highest BCUT2D eigenvalue weighted by Crippen LogP contribution is 2.35. The number of hydrogen-bond donors (Lipinski definition) is 7. The van der Waals surface area contributed by atoms with Gasteiger partial charge in [0.15, 0.2) is 17.1 Å². The number of nitrogens with one attached hydrogen (secondary N) is 3. The smallest absolute Gasteiger partial charge is 0.291 e. The fraction of sp³-hybridized carbons (Fsp3) is 0.583. The van der Waals surface area contributed by atoms with Crippen molar-refractivity contribution in [3.63, 3.8) is 0 Å². The lowest BCUT2D eigenvalue weighted by molar-refractivity contribution is -0.742. The van der Waals surface area contributed by atoms with E-state index in [0.29, 0.717) is 17.1 Å². The molecule has 1 fully saturated rings. The molecule has 15 nitrogen and oxygen atoms in total. The van der Waals surface area contributed by atoms with Gasteiger partial charge in [-0.05, 0) is 19.3 Å². The molecule has 0 amide bonds. The lowest BCUT2D eigenvalue weighted by Gasteiger charge is -2.35. The minimum Gasteiger partial charge on any atom is -0.370 e. The van der Waals surface area contributed by atoms with Crippen LogP contribution in [0.25, 0.3) is 0 Å². The molecule has 0 radical (unpaired) electrons. The third kappa shape index (κ3) is 10.5. The summed E-state index contributed by atoms with van der Waals surface area (Å²) in [5, 5.41) is 47.4. The molecule has 2 unspecified atom stereocenters. The molecule has 1 aromatic heterocycles. The van der Waals surface area contributed by atoms with E-state index in [9.17, 15) is 0 Å². The topological polar surface area (TPSA) is 255 Å². The summed E-state index contributed by atoms with van der Waals surface area (Å²) in [7, 11) is 1.87. The summed E-state index contributed by atoms with van der Waals surface area (Å²) < 4.78 is 0. The van der Waals surface area contributed by atoms with Crippen molar-refractivity contribution in [1.29, 1.82) is 10.8 Å². The van der Waals surface area contributed by atoms with Crippen LogP contribution in [0.4, 0.5) is 5.13 Å². The van der Waals surface area contributed by atoms with E-state index < -0.39 is 10.2 Å². The van der Waals surface area contributed by atoms with Gasteiger partial charge in [0.05, 0.1) is 5.69 Å². The Bertz CT molecular complexity index is 664. The molecule has 2 rings (SSSR count). The molecule has 1 aromatic rings. The summed E-state index contributed by atoms with van der Waals surface area (Å²) >= 11 is 1.46. The van der Waals surface area contributed by atoms with Gasteiger partial charge in [0.2, 0.25) is 0 Å². The number of aromatic nitrogens is 1. The fourth-order valence-corrected chi connectivity index (χ4v) is 3.43. The second-order valence-electron chi connectivity index (χ2n) is 5.61. The first kappa shape index (κ1) is 24.6. The fourth-order valence-electron chi connectivity index (χ4n) is 2.63. The lowest BCUT2D eigenvalue weighted by Crippen LogP contribution is -2.43. The Morgan fingerprint density at radius 1 is 1.32 bits per heavy atom.